The molecule has 0 radical (unpaired) electrons. The van der Waals surface area contributed by atoms with Crippen LogP contribution in [0.15, 0.2) is 149 Å². The number of nitriles is 1. The van der Waals surface area contributed by atoms with Crippen molar-refractivity contribution < 1.29 is 8.42 Å². The minimum Gasteiger partial charge on any atom is -0.309 e. The lowest BCUT2D eigenvalue weighted by Crippen LogP contribution is -2.03. The van der Waals surface area contributed by atoms with Gasteiger partial charge in [0.05, 0.1) is 43.5 Å². The molecule has 8 rings (SSSR count). The Morgan fingerprint density at radius 3 is 1.72 bits per heavy atom. The van der Waals surface area contributed by atoms with E-state index in [1.54, 1.807) is 12.1 Å². The Balaban J connectivity index is 1.40. The molecule has 2 heterocycles. The van der Waals surface area contributed by atoms with E-state index in [-0.39, 0.29) is 9.79 Å². The van der Waals surface area contributed by atoms with Crippen LogP contribution in [-0.2, 0) is 9.84 Å². The fourth-order valence-corrected chi connectivity index (χ4v) is 7.51. The second-order valence-electron chi connectivity index (χ2n) is 10.5. The smallest absolute Gasteiger partial charge is 0.206 e. The molecule has 6 aromatic carbocycles. The van der Waals surface area contributed by atoms with Crippen molar-refractivity contribution in [2.45, 2.75) is 9.79 Å². The molecule has 5 nitrogen and oxygen atoms in total. The molecule has 0 N–H and O–H groups in total. The van der Waals surface area contributed by atoms with Crippen LogP contribution in [0.5, 0.6) is 0 Å². The molecule has 0 aliphatic rings. The van der Waals surface area contributed by atoms with E-state index in [9.17, 15) is 8.42 Å². The zero-order valence-corrected chi connectivity index (χ0v) is 23.7. The van der Waals surface area contributed by atoms with Crippen molar-refractivity contribution in [2.24, 2.45) is 0 Å². The maximum Gasteiger partial charge on any atom is 0.206 e. The summed E-state index contributed by atoms with van der Waals surface area (Å²) in [6, 6.07) is 46.7. The van der Waals surface area contributed by atoms with Crippen LogP contribution in [0.25, 0.3) is 55.0 Å². The van der Waals surface area contributed by atoms with Crippen LogP contribution in [0.4, 0.5) is 0 Å². The summed E-state index contributed by atoms with van der Waals surface area (Å²) in [7, 11) is -3.75. The number of rotatable bonds is 4. The number of aromatic nitrogens is 2. The van der Waals surface area contributed by atoms with Crippen molar-refractivity contribution in [2.75, 3.05) is 0 Å². The Morgan fingerprint density at radius 1 is 0.488 bits per heavy atom. The van der Waals surface area contributed by atoms with Crippen LogP contribution in [-0.4, -0.2) is 17.6 Å². The van der Waals surface area contributed by atoms with Gasteiger partial charge in [0.2, 0.25) is 9.84 Å². The number of para-hydroxylation sites is 3. The average Bonchev–Trinajstić information content (AvgIpc) is 3.58. The molecule has 8 aromatic rings. The minimum atomic E-state index is -3.75. The first-order valence-corrected chi connectivity index (χ1v) is 15.4. The van der Waals surface area contributed by atoms with E-state index in [1.807, 2.05) is 30.3 Å². The molecular weight excluding hydrogens is 550 g/mol. The molecule has 204 valence electrons. The van der Waals surface area contributed by atoms with Crippen LogP contribution in [0, 0.1) is 11.3 Å². The fraction of sp³-hybridized carbons (Fsp3) is 0. The van der Waals surface area contributed by atoms with Crippen molar-refractivity contribution in [3.63, 3.8) is 0 Å². The van der Waals surface area contributed by atoms with Gasteiger partial charge in [-0.2, -0.15) is 5.26 Å². The van der Waals surface area contributed by atoms with Gasteiger partial charge < -0.3 is 9.13 Å². The van der Waals surface area contributed by atoms with Crippen molar-refractivity contribution >= 4 is 53.4 Å². The number of hydrogen-bond acceptors (Lipinski definition) is 3. The minimum absolute atomic E-state index is 0.159. The highest BCUT2D eigenvalue weighted by Gasteiger charge is 2.22. The van der Waals surface area contributed by atoms with Gasteiger partial charge in [-0.25, -0.2) is 8.42 Å². The highest BCUT2D eigenvalue weighted by molar-refractivity contribution is 7.91. The quantitative estimate of drug-likeness (QED) is 0.212. The Labute approximate surface area is 248 Å². The lowest BCUT2D eigenvalue weighted by atomic mass is 10.1. The fourth-order valence-electron chi connectivity index (χ4n) is 6.25. The van der Waals surface area contributed by atoms with Gasteiger partial charge in [-0.3, -0.25) is 0 Å². The SMILES string of the molecule is N#Cc1ccc(S(=O)(=O)c2ccc(-n3c4ccccc4c4ccc5c(c6ccccc6n5-c5ccccc5)c43)cc2)cc1. The van der Waals surface area contributed by atoms with E-state index < -0.39 is 9.84 Å². The third-order valence-electron chi connectivity index (χ3n) is 8.18. The van der Waals surface area contributed by atoms with Gasteiger partial charge in [0.25, 0.3) is 0 Å². The van der Waals surface area contributed by atoms with Gasteiger partial charge in [-0.15, -0.1) is 0 Å². The summed E-state index contributed by atoms with van der Waals surface area (Å²) in [4.78, 5) is 0.360. The highest BCUT2D eigenvalue weighted by Crippen LogP contribution is 2.42. The van der Waals surface area contributed by atoms with Gasteiger partial charge >= 0.3 is 0 Å². The lowest BCUT2D eigenvalue weighted by molar-refractivity contribution is 0.596. The number of benzene rings is 6. The topological polar surface area (TPSA) is 67.8 Å². The zero-order chi connectivity index (χ0) is 29.1. The molecule has 0 bridgehead atoms. The third-order valence-corrected chi connectivity index (χ3v) is 9.97. The normalized spacial score (nSPS) is 11.9. The van der Waals surface area contributed by atoms with Crippen LogP contribution in [0.2, 0.25) is 0 Å². The van der Waals surface area contributed by atoms with Crippen LogP contribution >= 0.6 is 0 Å². The summed E-state index contributed by atoms with van der Waals surface area (Å²) >= 11 is 0. The summed E-state index contributed by atoms with van der Waals surface area (Å²) < 4.78 is 31.4. The largest absolute Gasteiger partial charge is 0.309 e. The molecule has 2 aromatic heterocycles. The Kier molecular flexibility index (Phi) is 5.52. The predicted molar refractivity (Wildman–Crippen MR) is 172 cm³/mol. The van der Waals surface area contributed by atoms with Crippen LogP contribution in [0.1, 0.15) is 5.56 Å². The second-order valence-corrected chi connectivity index (χ2v) is 12.5. The standard InChI is InChI=1S/C37H23N3O2S/c38-24-25-14-18-28(19-15-25)43(41,42)29-20-16-27(17-21-29)40-33-12-6-4-10-30(33)31-22-23-35-36(37(31)40)32-11-5-7-13-34(32)39(35)26-8-2-1-3-9-26/h1-23H. The van der Waals surface area contributed by atoms with E-state index in [0.717, 1.165) is 55.0 Å². The molecular formula is C37H23N3O2S. The number of hydrogen-bond donors (Lipinski definition) is 0. The summed E-state index contributed by atoms with van der Waals surface area (Å²) in [5.74, 6) is 0. The first-order valence-electron chi connectivity index (χ1n) is 13.9. The Hall–Kier alpha value is -5.64. The van der Waals surface area contributed by atoms with Gasteiger partial charge in [-0.1, -0.05) is 60.7 Å². The van der Waals surface area contributed by atoms with Crippen molar-refractivity contribution in [3.8, 4) is 17.4 Å². The maximum atomic E-state index is 13.4. The highest BCUT2D eigenvalue weighted by atomic mass is 32.2. The van der Waals surface area contributed by atoms with Crippen molar-refractivity contribution in [1.29, 1.82) is 5.26 Å². The third kappa shape index (κ3) is 3.72. The Bertz CT molecular complexity index is 2500. The molecule has 0 fully saturated rings. The molecule has 0 atom stereocenters. The molecule has 0 spiro atoms. The molecule has 43 heavy (non-hydrogen) atoms. The zero-order valence-electron chi connectivity index (χ0n) is 22.8. The van der Waals surface area contributed by atoms with Crippen molar-refractivity contribution in [3.05, 3.63) is 145 Å². The molecule has 0 unspecified atom stereocenters. The predicted octanol–water partition coefficient (Wildman–Crippen LogP) is 8.59. The van der Waals surface area contributed by atoms with E-state index in [2.05, 4.69) is 88.0 Å². The van der Waals surface area contributed by atoms with E-state index in [0.29, 0.717) is 5.56 Å². The summed E-state index contributed by atoms with van der Waals surface area (Å²) in [5, 5.41) is 13.7. The molecule has 0 saturated carbocycles. The van der Waals surface area contributed by atoms with E-state index >= 15 is 0 Å². The van der Waals surface area contributed by atoms with Gasteiger partial charge in [0.15, 0.2) is 0 Å². The summed E-state index contributed by atoms with van der Waals surface area (Å²) in [6.07, 6.45) is 0. The van der Waals surface area contributed by atoms with Gasteiger partial charge in [0, 0.05) is 32.9 Å². The first-order chi connectivity index (χ1) is 21.1. The number of fused-ring (bicyclic) bond motifs is 7. The summed E-state index contributed by atoms with van der Waals surface area (Å²) in [5.41, 5.74) is 6.72. The lowest BCUT2D eigenvalue weighted by Gasteiger charge is -2.11. The van der Waals surface area contributed by atoms with Crippen LogP contribution < -0.4 is 0 Å². The molecule has 0 aliphatic carbocycles. The number of sulfone groups is 1. The first kappa shape index (κ1) is 25.1. The Morgan fingerprint density at radius 2 is 1.05 bits per heavy atom. The maximum absolute atomic E-state index is 13.4. The van der Waals surface area contributed by atoms with E-state index in [1.165, 1.54) is 24.3 Å². The molecule has 0 amide bonds. The average molecular weight is 574 g/mol. The molecule has 0 saturated heterocycles. The van der Waals surface area contributed by atoms with Crippen molar-refractivity contribution in [1.82, 2.24) is 9.13 Å². The monoisotopic (exact) mass is 573 g/mol. The molecule has 0 aliphatic heterocycles. The second kappa shape index (κ2) is 9.45. The van der Waals surface area contributed by atoms with Gasteiger partial charge in [-0.05, 0) is 78.9 Å². The molecule has 6 heteroatoms. The van der Waals surface area contributed by atoms with Crippen LogP contribution in [0.3, 0.4) is 0 Å². The summed E-state index contributed by atoms with van der Waals surface area (Å²) in [6.45, 7) is 0. The van der Waals surface area contributed by atoms with Gasteiger partial charge in [0.1, 0.15) is 0 Å². The number of nitrogens with zero attached hydrogens (tertiary/aromatic N) is 3. The van der Waals surface area contributed by atoms with E-state index in [4.69, 9.17) is 5.26 Å².